The van der Waals surface area contributed by atoms with Crippen LogP contribution in [0.3, 0.4) is 0 Å². The van der Waals surface area contributed by atoms with Gasteiger partial charge in [-0.2, -0.15) is 0 Å². The molecular formula is C21H27ClN4O3. The van der Waals surface area contributed by atoms with Crippen molar-refractivity contribution in [2.45, 2.75) is 13.8 Å². The van der Waals surface area contributed by atoms with Gasteiger partial charge in [-0.15, -0.1) is 0 Å². The molecule has 0 fully saturated rings. The Hall–Kier alpha value is -2.77. The van der Waals surface area contributed by atoms with Crippen molar-refractivity contribution < 1.29 is 14.3 Å². The lowest BCUT2D eigenvalue weighted by molar-refractivity contribution is 0.0946. The highest BCUT2D eigenvalue weighted by Crippen LogP contribution is 2.23. The second-order valence-corrected chi connectivity index (χ2v) is 6.72. The van der Waals surface area contributed by atoms with Gasteiger partial charge >= 0.3 is 6.03 Å². The fraction of sp³-hybridized carbons (Fsp3) is 0.333. The summed E-state index contributed by atoms with van der Waals surface area (Å²) in [5, 5.41) is 8.84. The zero-order valence-corrected chi connectivity index (χ0v) is 17.7. The molecule has 7 nitrogen and oxygen atoms in total. The number of methoxy groups -OCH3 is 1. The van der Waals surface area contributed by atoms with E-state index in [-0.39, 0.29) is 5.91 Å². The van der Waals surface area contributed by atoms with Gasteiger partial charge in [0.25, 0.3) is 5.91 Å². The van der Waals surface area contributed by atoms with E-state index in [0.717, 1.165) is 19.6 Å². The molecule has 0 aliphatic heterocycles. The molecule has 0 unspecified atom stereocenters. The quantitative estimate of drug-likeness (QED) is 0.573. The summed E-state index contributed by atoms with van der Waals surface area (Å²) in [6.45, 7) is 7.38. The van der Waals surface area contributed by atoms with Crippen molar-refractivity contribution in [3.8, 4) is 5.75 Å². The zero-order chi connectivity index (χ0) is 21.2. The standard InChI is InChI=1S/C21H27ClN4O3/c1-4-26(5-2)12-11-23-20(27)18-10-9-17(14-19(18)29-3)25-21(28)24-16-8-6-7-15(22)13-16/h6-10,13-14H,4-5,11-12H2,1-3H3,(H,23,27)(H2,24,25,28). The number of nitrogens with zero attached hydrogens (tertiary/aromatic N) is 1. The predicted octanol–water partition coefficient (Wildman–Crippen LogP) is 4.06. The number of carbonyl (C=O) groups excluding carboxylic acids is 2. The highest BCUT2D eigenvalue weighted by molar-refractivity contribution is 6.30. The molecule has 2 rings (SSSR count). The van der Waals surface area contributed by atoms with Gasteiger partial charge in [-0.05, 0) is 43.4 Å². The van der Waals surface area contributed by atoms with Crippen LogP contribution in [0.2, 0.25) is 5.02 Å². The number of benzene rings is 2. The maximum atomic E-state index is 12.5. The zero-order valence-electron chi connectivity index (χ0n) is 16.9. The van der Waals surface area contributed by atoms with E-state index in [1.54, 1.807) is 42.5 Å². The minimum Gasteiger partial charge on any atom is -0.496 e. The Morgan fingerprint density at radius 3 is 2.34 bits per heavy atom. The monoisotopic (exact) mass is 418 g/mol. The van der Waals surface area contributed by atoms with Gasteiger partial charge in [-0.3, -0.25) is 4.79 Å². The van der Waals surface area contributed by atoms with Crippen LogP contribution < -0.4 is 20.7 Å². The number of hydrogen-bond acceptors (Lipinski definition) is 4. The van der Waals surface area contributed by atoms with E-state index in [1.807, 2.05) is 0 Å². The Labute approximate surface area is 176 Å². The number of likely N-dealkylation sites (N-methyl/N-ethyl adjacent to an activating group) is 1. The molecule has 0 radical (unpaired) electrons. The second kappa shape index (κ2) is 11.3. The molecule has 2 aromatic rings. The highest BCUT2D eigenvalue weighted by Gasteiger charge is 2.14. The maximum Gasteiger partial charge on any atom is 0.323 e. The normalized spacial score (nSPS) is 10.5. The Morgan fingerprint density at radius 1 is 1.03 bits per heavy atom. The largest absolute Gasteiger partial charge is 0.496 e. The number of anilines is 2. The molecule has 0 saturated carbocycles. The Bertz CT molecular complexity index is 840. The molecular weight excluding hydrogens is 392 g/mol. The third kappa shape index (κ3) is 6.96. The third-order valence-corrected chi connectivity index (χ3v) is 4.63. The van der Waals surface area contributed by atoms with Crippen molar-refractivity contribution in [1.82, 2.24) is 10.2 Å². The van der Waals surface area contributed by atoms with E-state index < -0.39 is 6.03 Å². The minimum atomic E-state index is -0.425. The van der Waals surface area contributed by atoms with E-state index in [9.17, 15) is 9.59 Å². The maximum absolute atomic E-state index is 12.5. The summed E-state index contributed by atoms with van der Waals surface area (Å²) in [7, 11) is 1.48. The number of rotatable bonds is 9. The Balaban J connectivity index is 1.98. The SMILES string of the molecule is CCN(CC)CCNC(=O)c1ccc(NC(=O)Nc2cccc(Cl)c2)cc1OC. The smallest absolute Gasteiger partial charge is 0.323 e. The van der Waals surface area contributed by atoms with E-state index in [0.29, 0.717) is 34.3 Å². The fourth-order valence-electron chi connectivity index (χ4n) is 2.78. The van der Waals surface area contributed by atoms with Gasteiger partial charge in [0.2, 0.25) is 0 Å². The molecule has 0 aliphatic rings. The van der Waals surface area contributed by atoms with Crippen molar-refractivity contribution >= 4 is 34.9 Å². The summed E-state index contributed by atoms with van der Waals surface area (Å²) < 4.78 is 5.33. The molecule has 0 aromatic heterocycles. The molecule has 0 bridgehead atoms. The van der Waals surface area contributed by atoms with Crippen LogP contribution in [-0.2, 0) is 0 Å². The summed E-state index contributed by atoms with van der Waals surface area (Å²) in [4.78, 5) is 26.9. The number of ether oxygens (including phenoxy) is 1. The van der Waals surface area contributed by atoms with Gasteiger partial charge in [-0.25, -0.2) is 4.79 Å². The second-order valence-electron chi connectivity index (χ2n) is 6.29. The van der Waals surface area contributed by atoms with E-state index in [4.69, 9.17) is 16.3 Å². The number of amides is 3. The van der Waals surface area contributed by atoms with Gasteiger partial charge in [-0.1, -0.05) is 31.5 Å². The van der Waals surface area contributed by atoms with Gasteiger partial charge in [0, 0.05) is 35.6 Å². The number of hydrogen-bond donors (Lipinski definition) is 3. The summed E-state index contributed by atoms with van der Waals surface area (Å²) >= 11 is 5.92. The van der Waals surface area contributed by atoms with Crippen LogP contribution in [0, 0.1) is 0 Å². The molecule has 3 N–H and O–H groups in total. The van der Waals surface area contributed by atoms with E-state index in [2.05, 4.69) is 34.7 Å². The topological polar surface area (TPSA) is 82.7 Å². The molecule has 0 aliphatic carbocycles. The lowest BCUT2D eigenvalue weighted by Crippen LogP contribution is -2.34. The highest BCUT2D eigenvalue weighted by atomic mass is 35.5. The molecule has 0 heterocycles. The van der Waals surface area contributed by atoms with Crippen LogP contribution in [0.5, 0.6) is 5.75 Å². The molecule has 0 spiro atoms. The minimum absolute atomic E-state index is 0.219. The molecule has 3 amide bonds. The molecule has 0 saturated heterocycles. The summed E-state index contributed by atoms with van der Waals surface area (Å²) in [5.41, 5.74) is 1.49. The van der Waals surface area contributed by atoms with Crippen LogP contribution in [0.25, 0.3) is 0 Å². The van der Waals surface area contributed by atoms with Crippen molar-refractivity contribution in [3.05, 3.63) is 53.1 Å². The average Bonchev–Trinajstić information content (AvgIpc) is 2.70. The number of carbonyl (C=O) groups is 2. The number of halogens is 1. The third-order valence-electron chi connectivity index (χ3n) is 4.39. The van der Waals surface area contributed by atoms with E-state index >= 15 is 0 Å². The first kappa shape index (κ1) is 22.5. The fourth-order valence-corrected chi connectivity index (χ4v) is 2.97. The van der Waals surface area contributed by atoms with Gasteiger partial charge < -0.3 is 25.6 Å². The molecule has 156 valence electrons. The van der Waals surface area contributed by atoms with Crippen LogP contribution in [0.4, 0.5) is 16.2 Å². The molecule has 2 aromatic carbocycles. The van der Waals surface area contributed by atoms with Crippen molar-refractivity contribution in [2.24, 2.45) is 0 Å². The van der Waals surface area contributed by atoms with Crippen molar-refractivity contribution in [1.29, 1.82) is 0 Å². The first-order chi connectivity index (χ1) is 14.0. The summed E-state index contributed by atoms with van der Waals surface area (Å²) in [5.74, 6) is 0.162. The number of nitrogens with one attached hydrogen (secondary N) is 3. The Morgan fingerprint density at radius 2 is 1.72 bits per heavy atom. The lowest BCUT2D eigenvalue weighted by atomic mass is 10.1. The van der Waals surface area contributed by atoms with Crippen molar-refractivity contribution in [3.63, 3.8) is 0 Å². The summed E-state index contributed by atoms with van der Waals surface area (Å²) in [6, 6.07) is 11.3. The van der Waals surface area contributed by atoms with Gasteiger partial charge in [0.15, 0.2) is 0 Å². The summed E-state index contributed by atoms with van der Waals surface area (Å²) in [6.07, 6.45) is 0. The van der Waals surface area contributed by atoms with E-state index in [1.165, 1.54) is 7.11 Å². The lowest BCUT2D eigenvalue weighted by Gasteiger charge is -2.18. The first-order valence-electron chi connectivity index (χ1n) is 9.49. The van der Waals surface area contributed by atoms with Crippen LogP contribution in [0.15, 0.2) is 42.5 Å². The Kier molecular flexibility index (Phi) is 8.76. The first-order valence-corrected chi connectivity index (χ1v) is 9.86. The number of urea groups is 1. The predicted molar refractivity (Wildman–Crippen MR) is 117 cm³/mol. The van der Waals surface area contributed by atoms with Gasteiger partial charge in [0.05, 0.1) is 12.7 Å². The van der Waals surface area contributed by atoms with Crippen LogP contribution >= 0.6 is 11.6 Å². The molecule has 8 heteroatoms. The average molecular weight is 419 g/mol. The van der Waals surface area contributed by atoms with Crippen molar-refractivity contribution in [2.75, 3.05) is 43.9 Å². The van der Waals surface area contributed by atoms with Crippen LogP contribution in [-0.4, -0.2) is 50.1 Å². The van der Waals surface area contributed by atoms with Crippen LogP contribution in [0.1, 0.15) is 24.2 Å². The molecule has 0 atom stereocenters. The molecule has 29 heavy (non-hydrogen) atoms. The van der Waals surface area contributed by atoms with Gasteiger partial charge in [0.1, 0.15) is 5.75 Å².